The molecular formula is C22H19F3N4O2. The number of carbonyl (C=O) groups is 1. The summed E-state index contributed by atoms with van der Waals surface area (Å²) in [5.74, 6) is -2.18. The summed E-state index contributed by atoms with van der Waals surface area (Å²) in [5.41, 5.74) is -0.158. The zero-order chi connectivity index (χ0) is 22.0. The van der Waals surface area contributed by atoms with Gasteiger partial charge in [0.05, 0.1) is 17.3 Å². The highest BCUT2D eigenvalue weighted by atomic mass is 19.1. The molecule has 0 saturated carbocycles. The van der Waals surface area contributed by atoms with E-state index < -0.39 is 29.3 Å². The SMILES string of the molecule is O=C(Nc1cc(F)ccc1F)[C@H]1CCCN(c2ccc(=O)n(-c3ccc(F)cc3)n2)C1. The van der Waals surface area contributed by atoms with Crippen molar-refractivity contribution >= 4 is 17.4 Å². The third-order valence-corrected chi connectivity index (χ3v) is 5.16. The number of aromatic nitrogens is 2. The number of hydrogen-bond acceptors (Lipinski definition) is 4. The molecule has 1 N–H and O–H groups in total. The molecule has 4 rings (SSSR count). The van der Waals surface area contributed by atoms with Crippen molar-refractivity contribution in [2.24, 2.45) is 5.92 Å². The molecule has 1 aliphatic rings. The quantitative estimate of drug-likeness (QED) is 0.691. The molecule has 1 fully saturated rings. The Balaban J connectivity index is 1.52. The topological polar surface area (TPSA) is 67.2 Å². The number of rotatable bonds is 4. The molecular weight excluding hydrogens is 409 g/mol. The number of nitrogens with one attached hydrogen (secondary N) is 1. The Morgan fingerprint density at radius 1 is 1.00 bits per heavy atom. The maximum Gasteiger partial charge on any atom is 0.271 e. The van der Waals surface area contributed by atoms with Gasteiger partial charge >= 0.3 is 0 Å². The van der Waals surface area contributed by atoms with Crippen LogP contribution in [-0.4, -0.2) is 28.8 Å². The molecule has 0 aliphatic carbocycles. The van der Waals surface area contributed by atoms with Crippen molar-refractivity contribution in [3.05, 3.63) is 82.4 Å². The van der Waals surface area contributed by atoms with Gasteiger partial charge in [0, 0.05) is 25.2 Å². The summed E-state index contributed by atoms with van der Waals surface area (Å²) in [6.07, 6.45) is 1.26. The summed E-state index contributed by atoms with van der Waals surface area (Å²) in [7, 11) is 0. The molecule has 1 saturated heterocycles. The van der Waals surface area contributed by atoms with Crippen molar-refractivity contribution in [2.45, 2.75) is 12.8 Å². The zero-order valence-corrected chi connectivity index (χ0v) is 16.4. The van der Waals surface area contributed by atoms with Crippen LogP contribution in [0.5, 0.6) is 0 Å². The van der Waals surface area contributed by atoms with Crippen LogP contribution in [0.4, 0.5) is 24.7 Å². The average molecular weight is 428 g/mol. The van der Waals surface area contributed by atoms with Crippen LogP contribution in [0.25, 0.3) is 5.69 Å². The van der Waals surface area contributed by atoms with Crippen molar-refractivity contribution in [1.82, 2.24) is 9.78 Å². The van der Waals surface area contributed by atoms with Crippen molar-refractivity contribution in [1.29, 1.82) is 0 Å². The summed E-state index contributed by atoms with van der Waals surface area (Å²) in [4.78, 5) is 26.7. The lowest BCUT2D eigenvalue weighted by molar-refractivity contribution is -0.120. The predicted octanol–water partition coefficient (Wildman–Crippen LogP) is 3.50. The van der Waals surface area contributed by atoms with E-state index in [-0.39, 0.29) is 11.2 Å². The Labute approximate surface area is 175 Å². The first-order chi connectivity index (χ1) is 14.9. The van der Waals surface area contributed by atoms with Gasteiger partial charge in [0.1, 0.15) is 23.3 Å². The standard InChI is InChI=1S/C22H19F3N4O2/c23-15-3-6-17(7-4-15)29-21(30)10-9-20(27-29)28-11-1-2-14(13-28)22(31)26-19-12-16(24)5-8-18(19)25/h3-10,12,14H,1-2,11,13H2,(H,26,31)/t14-/m0/s1. The highest BCUT2D eigenvalue weighted by Gasteiger charge is 2.27. The van der Waals surface area contributed by atoms with Gasteiger partial charge in [-0.1, -0.05) is 0 Å². The molecule has 1 aliphatic heterocycles. The van der Waals surface area contributed by atoms with Gasteiger partial charge in [-0.15, -0.1) is 5.10 Å². The first-order valence-electron chi connectivity index (χ1n) is 9.78. The highest BCUT2D eigenvalue weighted by Crippen LogP contribution is 2.24. The van der Waals surface area contributed by atoms with Crippen LogP contribution in [0.1, 0.15) is 12.8 Å². The minimum absolute atomic E-state index is 0.204. The summed E-state index contributed by atoms with van der Waals surface area (Å²) in [6.45, 7) is 0.921. The lowest BCUT2D eigenvalue weighted by atomic mass is 9.97. The molecule has 2 aromatic carbocycles. The van der Waals surface area contributed by atoms with E-state index in [1.165, 1.54) is 35.0 Å². The molecule has 160 valence electrons. The molecule has 1 amide bonds. The Hall–Kier alpha value is -3.62. The summed E-state index contributed by atoms with van der Waals surface area (Å²) < 4.78 is 41.6. The Morgan fingerprint density at radius 3 is 2.52 bits per heavy atom. The van der Waals surface area contributed by atoms with E-state index in [1.54, 1.807) is 6.07 Å². The van der Waals surface area contributed by atoms with Gasteiger partial charge in [-0.05, 0) is 55.3 Å². The predicted molar refractivity (Wildman–Crippen MR) is 110 cm³/mol. The molecule has 0 radical (unpaired) electrons. The second kappa shape index (κ2) is 8.63. The molecule has 31 heavy (non-hydrogen) atoms. The fourth-order valence-corrected chi connectivity index (χ4v) is 3.56. The molecule has 9 heteroatoms. The van der Waals surface area contributed by atoms with Crippen LogP contribution >= 0.6 is 0 Å². The summed E-state index contributed by atoms with van der Waals surface area (Å²) >= 11 is 0. The normalized spacial score (nSPS) is 16.2. The largest absolute Gasteiger partial charge is 0.354 e. The molecule has 6 nitrogen and oxygen atoms in total. The monoisotopic (exact) mass is 428 g/mol. The number of hydrogen-bond donors (Lipinski definition) is 1. The number of anilines is 2. The van der Waals surface area contributed by atoms with Gasteiger partial charge in [-0.3, -0.25) is 9.59 Å². The number of piperidine rings is 1. The van der Waals surface area contributed by atoms with Crippen LogP contribution in [-0.2, 0) is 4.79 Å². The molecule has 1 aromatic heterocycles. The smallest absolute Gasteiger partial charge is 0.271 e. The van der Waals surface area contributed by atoms with Gasteiger partial charge < -0.3 is 10.2 Å². The van der Waals surface area contributed by atoms with Gasteiger partial charge in [0.25, 0.3) is 5.56 Å². The molecule has 0 spiro atoms. The van der Waals surface area contributed by atoms with E-state index in [0.29, 0.717) is 37.4 Å². The van der Waals surface area contributed by atoms with E-state index in [2.05, 4.69) is 10.4 Å². The third kappa shape index (κ3) is 4.60. The number of carbonyl (C=O) groups excluding carboxylic acids is 1. The minimum Gasteiger partial charge on any atom is -0.354 e. The first-order valence-corrected chi connectivity index (χ1v) is 9.78. The van der Waals surface area contributed by atoms with Crippen molar-refractivity contribution in [3.63, 3.8) is 0 Å². The fourth-order valence-electron chi connectivity index (χ4n) is 3.56. The van der Waals surface area contributed by atoms with Gasteiger partial charge in [-0.25, -0.2) is 13.2 Å². The molecule has 0 bridgehead atoms. The van der Waals surface area contributed by atoms with Crippen LogP contribution in [0.3, 0.4) is 0 Å². The lowest BCUT2D eigenvalue weighted by Crippen LogP contribution is -2.42. The van der Waals surface area contributed by atoms with E-state index in [0.717, 1.165) is 18.2 Å². The van der Waals surface area contributed by atoms with E-state index in [4.69, 9.17) is 0 Å². The number of halogens is 3. The summed E-state index contributed by atoms with van der Waals surface area (Å²) in [6, 6.07) is 11.2. The Kier molecular flexibility index (Phi) is 5.75. The average Bonchev–Trinajstić information content (AvgIpc) is 2.77. The van der Waals surface area contributed by atoms with Crippen LogP contribution < -0.4 is 15.8 Å². The maximum atomic E-state index is 13.8. The second-order valence-electron chi connectivity index (χ2n) is 7.32. The number of amides is 1. The van der Waals surface area contributed by atoms with Crippen LogP contribution in [0, 0.1) is 23.4 Å². The molecule has 1 atom stereocenters. The highest BCUT2D eigenvalue weighted by molar-refractivity contribution is 5.93. The van der Waals surface area contributed by atoms with Crippen LogP contribution in [0.15, 0.2) is 59.4 Å². The number of benzene rings is 2. The molecule has 0 unspecified atom stereocenters. The van der Waals surface area contributed by atoms with E-state index in [1.807, 2.05) is 4.90 Å². The molecule has 3 aromatic rings. The minimum atomic E-state index is -0.713. The van der Waals surface area contributed by atoms with Crippen molar-refractivity contribution in [2.75, 3.05) is 23.3 Å². The van der Waals surface area contributed by atoms with E-state index in [9.17, 15) is 22.8 Å². The second-order valence-corrected chi connectivity index (χ2v) is 7.32. The third-order valence-electron chi connectivity index (χ3n) is 5.16. The fraction of sp³-hybridized carbons (Fsp3) is 0.227. The molecule has 2 heterocycles. The maximum absolute atomic E-state index is 13.8. The van der Waals surface area contributed by atoms with Crippen LogP contribution in [0.2, 0.25) is 0 Å². The Bertz CT molecular complexity index is 1160. The summed E-state index contributed by atoms with van der Waals surface area (Å²) in [5, 5.41) is 6.82. The van der Waals surface area contributed by atoms with Crippen molar-refractivity contribution in [3.8, 4) is 5.69 Å². The number of nitrogens with zero attached hydrogens (tertiary/aromatic N) is 3. The Morgan fingerprint density at radius 2 is 1.74 bits per heavy atom. The van der Waals surface area contributed by atoms with Crippen molar-refractivity contribution < 1.29 is 18.0 Å². The van der Waals surface area contributed by atoms with E-state index >= 15 is 0 Å². The lowest BCUT2D eigenvalue weighted by Gasteiger charge is -2.33. The van der Waals surface area contributed by atoms with Gasteiger partial charge in [0.2, 0.25) is 5.91 Å². The zero-order valence-electron chi connectivity index (χ0n) is 16.4. The van der Waals surface area contributed by atoms with Gasteiger partial charge in [-0.2, -0.15) is 4.68 Å². The van der Waals surface area contributed by atoms with Gasteiger partial charge in [0.15, 0.2) is 0 Å². The first kappa shape index (κ1) is 20.6.